The van der Waals surface area contributed by atoms with Gasteiger partial charge in [0.1, 0.15) is 12.1 Å². The van der Waals surface area contributed by atoms with Gasteiger partial charge in [0.2, 0.25) is 5.89 Å². The van der Waals surface area contributed by atoms with Gasteiger partial charge in [-0.05, 0) is 30.7 Å². The summed E-state index contributed by atoms with van der Waals surface area (Å²) in [6.45, 7) is 1.31. The highest BCUT2D eigenvalue weighted by molar-refractivity contribution is 14.0. The Morgan fingerprint density at radius 2 is 1.90 bits per heavy atom. The molecule has 4 aromatic rings. The Hall–Kier alpha value is -2.95. The minimum atomic E-state index is 0. The molecule has 0 amide bonds. The zero-order chi connectivity index (χ0) is 19.9. The van der Waals surface area contributed by atoms with E-state index in [1.54, 1.807) is 13.3 Å². The monoisotopic (exact) mass is 517 g/mol. The van der Waals surface area contributed by atoms with E-state index in [1.165, 1.54) is 0 Å². The standard InChI is InChI=1S/C21H23N7O.HI/c1-22-21(23-12-7-11-19-27-26-18-10-5-6-13-28(18)19)24-14-17-15-29-20(25-17)16-8-3-2-4-9-16;/h2-6,8-10,13,15H,7,11-12,14H2,1H3,(H2,22,23,24);1H. The molecule has 0 aliphatic carbocycles. The Labute approximate surface area is 191 Å². The smallest absolute Gasteiger partial charge is 0.226 e. The van der Waals surface area contributed by atoms with Gasteiger partial charge in [0, 0.05) is 31.8 Å². The van der Waals surface area contributed by atoms with Crippen molar-refractivity contribution < 1.29 is 4.42 Å². The first-order chi connectivity index (χ1) is 14.3. The molecule has 0 bridgehead atoms. The van der Waals surface area contributed by atoms with Crippen LogP contribution in [0.4, 0.5) is 0 Å². The number of nitrogens with one attached hydrogen (secondary N) is 2. The average Bonchev–Trinajstić information content (AvgIpc) is 3.41. The van der Waals surface area contributed by atoms with E-state index < -0.39 is 0 Å². The molecule has 3 aromatic heterocycles. The molecule has 0 atom stereocenters. The molecule has 0 unspecified atom stereocenters. The van der Waals surface area contributed by atoms with Crippen molar-refractivity contribution in [1.82, 2.24) is 30.2 Å². The first-order valence-electron chi connectivity index (χ1n) is 9.56. The minimum Gasteiger partial charge on any atom is -0.444 e. The predicted octanol–water partition coefficient (Wildman–Crippen LogP) is 3.30. The Bertz CT molecular complexity index is 1090. The summed E-state index contributed by atoms with van der Waals surface area (Å²) < 4.78 is 7.58. The molecule has 3 heterocycles. The van der Waals surface area contributed by atoms with Crippen LogP contribution < -0.4 is 10.6 Å². The van der Waals surface area contributed by atoms with Crippen LogP contribution >= 0.6 is 24.0 Å². The lowest BCUT2D eigenvalue weighted by Gasteiger charge is -2.10. The third-order valence-corrected chi connectivity index (χ3v) is 4.49. The number of nitrogens with zero attached hydrogens (tertiary/aromatic N) is 5. The van der Waals surface area contributed by atoms with Gasteiger partial charge in [0.25, 0.3) is 0 Å². The number of hydrogen-bond donors (Lipinski definition) is 2. The molecule has 0 spiro atoms. The lowest BCUT2D eigenvalue weighted by molar-refractivity contribution is 0.572. The molecule has 0 radical (unpaired) electrons. The third kappa shape index (κ3) is 5.35. The summed E-state index contributed by atoms with van der Waals surface area (Å²) in [5.41, 5.74) is 2.65. The number of fused-ring (bicyclic) bond motifs is 1. The molecule has 156 valence electrons. The highest BCUT2D eigenvalue weighted by atomic mass is 127. The van der Waals surface area contributed by atoms with Crippen LogP contribution in [0.5, 0.6) is 0 Å². The van der Waals surface area contributed by atoms with Crippen LogP contribution in [0.15, 0.2) is 70.4 Å². The number of hydrogen-bond acceptors (Lipinski definition) is 5. The summed E-state index contributed by atoms with van der Waals surface area (Å²) in [5, 5.41) is 15.0. The molecule has 0 saturated heterocycles. The SMILES string of the molecule is CN=C(NCCCc1nnc2ccccn12)NCc1coc(-c2ccccc2)n1.I. The van der Waals surface area contributed by atoms with Crippen molar-refractivity contribution in [2.45, 2.75) is 19.4 Å². The van der Waals surface area contributed by atoms with Crippen molar-refractivity contribution in [2.24, 2.45) is 4.99 Å². The van der Waals surface area contributed by atoms with Gasteiger partial charge in [0.05, 0.1) is 12.2 Å². The largest absolute Gasteiger partial charge is 0.444 e. The van der Waals surface area contributed by atoms with E-state index in [0.29, 0.717) is 12.4 Å². The van der Waals surface area contributed by atoms with Gasteiger partial charge in [-0.25, -0.2) is 4.98 Å². The van der Waals surface area contributed by atoms with Crippen LogP contribution in [-0.2, 0) is 13.0 Å². The lowest BCUT2D eigenvalue weighted by atomic mass is 10.2. The topological polar surface area (TPSA) is 92.6 Å². The molecule has 0 saturated carbocycles. The number of rotatable bonds is 7. The fourth-order valence-corrected chi connectivity index (χ4v) is 3.01. The van der Waals surface area contributed by atoms with E-state index in [9.17, 15) is 0 Å². The third-order valence-electron chi connectivity index (χ3n) is 4.49. The van der Waals surface area contributed by atoms with Crippen molar-refractivity contribution >= 4 is 35.6 Å². The van der Waals surface area contributed by atoms with Gasteiger partial charge in [0.15, 0.2) is 11.6 Å². The van der Waals surface area contributed by atoms with E-state index >= 15 is 0 Å². The van der Waals surface area contributed by atoms with Gasteiger partial charge in [-0.3, -0.25) is 9.39 Å². The number of pyridine rings is 1. The van der Waals surface area contributed by atoms with E-state index in [2.05, 4.69) is 30.8 Å². The minimum absolute atomic E-state index is 0. The molecular formula is C21H24IN7O. The highest BCUT2D eigenvalue weighted by Gasteiger charge is 2.07. The maximum Gasteiger partial charge on any atom is 0.226 e. The lowest BCUT2D eigenvalue weighted by Crippen LogP contribution is -2.37. The molecule has 1 aromatic carbocycles. The predicted molar refractivity (Wildman–Crippen MR) is 127 cm³/mol. The van der Waals surface area contributed by atoms with Gasteiger partial charge in [-0.15, -0.1) is 34.2 Å². The summed E-state index contributed by atoms with van der Waals surface area (Å²) in [6.07, 6.45) is 5.40. The summed E-state index contributed by atoms with van der Waals surface area (Å²) in [5.74, 6) is 2.30. The van der Waals surface area contributed by atoms with Crippen LogP contribution in [0.25, 0.3) is 17.1 Å². The van der Waals surface area contributed by atoms with Crippen molar-refractivity contribution in [3.8, 4) is 11.5 Å². The quantitative estimate of drug-likeness (QED) is 0.169. The highest BCUT2D eigenvalue weighted by Crippen LogP contribution is 2.17. The van der Waals surface area contributed by atoms with Gasteiger partial charge in [-0.2, -0.15) is 0 Å². The number of aryl methyl sites for hydroxylation is 1. The molecule has 9 heteroatoms. The molecule has 2 N–H and O–H groups in total. The number of aromatic nitrogens is 4. The van der Waals surface area contributed by atoms with Gasteiger partial charge in [-0.1, -0.05) is 24.3 Å². The van der Waals surface area contributed by atoms with Crippen LogP contribution in [0, 0.1) is 0 Å². The number of benzene rings is 1. The number of guanidine groups is 1. The summed E-state index contributed by atoms with van der Waals surface area (Å²) in [4.78, 5) is 8.77. The number of oxazole rings is 1. The normalized spacial score (nSPS) is 11.3. The Morgan fingerprint density at radius 1 is 1.07 bits per heavy atom. The Balaban J connectivity index is 0.00000256. The van der Waals surface area contributed by atoms with Crippen molar-refractivity contribution in [1.29, 1.82) is 0 Å². The van der Waals surface area contributed by atoms with E-state index in [0.717, 1.165) is 48.1 Å². The van der Waals surface area contributed by atoms with Crippen LogP contribution in [0.1, 0.15) is 17.9 Å². The van der Waals surface area contributed by atoms with Crippen LogP contribution in [0.3, 0.4) is 0 Å². The van der Waals surface area contributed by atoms with Crippen molar-refractivity contribution in [2.75, 3.05) is 13.6 Å². The number of aliphatic imine (C=N–C) groups is 1. The summed E-state index contributed by atoms with van der Waals surface area (Å²) in [7, 11) is 1.75. The van der Waals surface area contributed by atoms with Gasteiger partial charge < -0.3 is 15.1 Å². The fourth-order valence-electron chi connectivity index (χ4n) is 3.01. The van der Waals surface area contributed by atoms with Gasteiger partial charge >= 0.3 is 0 Å². The van der Waals surface area contributed by atoms with Crippen molar-refractivity contribution in [3.63, 3.8) is 0 Å². The van der Waals surface area contributed by atoms with E-state index in [4.69, 9.17) is 4.42 Å². The molecule has 0 aliphatic rings. The average molecular weight is 517 g/mol. The van der Waals surface area contributed by atoms with Crippen LogP contribution in [0.2, 0.25) is 0 Å². The molecule has 30 heavy (non-hydrogen) atoms. The second-order valence-electron chi connectivity index (χ2n) is 6.51. The first kappa shape index (κ1) is 21.8. The van der Waals surface area contributed by atoms with Crippen molar-refractivity contribution in [3.05, 3.63) is 72.5 Å². The first-order valence-corrected chi connectivity index (χ1v) is 9.56. The Kier molecular flexibility index (Phi) is 7.77. The summed E-state index contributed by atoms with van der Waals surface area (Å²) in [6, 6.07) is 15.7. The van der Waals surface area contributed by atoms with E-state index in [1.807, 2.05) is 59.1 Å². The fraction of sp³-hybridized carbons (Fsp3) is 0.238. The number of halogens is 1. The second kappa shape index (κ2) is 10.7. The van der Waals surface area contributed by atoms with Crippen LogP contribution in [-0.4, -0.2) is 39.1 Å². The molecule has 8 nitrogen and oxygen atoms in total. The molecule has 0 aliphatic heterocycles. The molecule has 4 rings (SSSR count). The maximum atomic E-state index is 5.57. The zero-order valence-corrected chi connectivity index (χ0v) is 19.0. The molecule has 0 fully saturated rings. The second-order valence-corrected chi connectivity index (χ2v) is 6.51. The van der Waals surface area contributed by atoms with E-state index in [-0.39, 0.29) is 24.0 Å². The molecular weight excluding hydrogens is 493 g/mol. The Morgan fingerprint density at radius 3 is 2.73 bits per heavy atom. The zero-order valence-electron chi connectivity index (χ0n) is 16.7. The summed E-state index contributed by atoms with van der Waals surface area (Å²) >= 11 is 0. The maximum absolute atomic E-state index is 5.57.